The van der Waals surface area contributed by atoms with Gasteiger partial charge in [0.15, 0.2) is 0 Å². The fraction of sp³-hybridized carbons (Fsp3) is 0.571. The minimum Gasteiger partial charge on any atom is -0.347 e. The van der Waals surface area contributed by atoms with Crippen LogP contribution in [-0.2, 0) is 7.05 Å². The zero-order valence-electron chi connectivity index (χ0n) is 15.5. The monoisotopic (exact) mass is 417 g/mol. The first kappa shape index (κ1) is 18.1. The Morgan fingerprint density at radius 2 is 1.85 bits per heavy atom. The van der Waals surface area contributed by atoms with Crippen LogP contribution in [0.2, 0.25) is 0 Å². The van der Waals surface area contributed by atoms with Crippen LogP contribution < -0.4 is 5.32 Å². The number of para-hydroxylation sites is 1. The average molecular weight is 418 g/mol. The Bertz CT molecular complexity index is 753. The molecule has 2 aromatic rings. The van der Waals surface area contributed by atoms with Gasteiger partial charge < -0.3 is 9.88 Å². The van der Waals surface area contributed by atoms with Crippen molar-refractivity contribution in [2.45, 2.75) is 57.0 Å². The normalized spacial score (nSPS) is 22.6. The lowest BCUT2D eigenvalue weighted by Gasteiger charge is -2.26. The quantitative estimate of drug-likeness (QED) is 0.747. The van der Waals surface area contributed by atoms with Crippen molar-refractivity contribution < 1.29 is 4.79 Å². The number of nitrogens with zero attached hydrogens (tertiary/aromatic N) is 2. The molecule has 4 rings (SSSR count). The molecule has 1 aromatic heterocycles. The van der Waals surface area contributed by atoms with Crippen LogP contribution in [0.3, 0.4) is 0 Å². The van der Waals surface area contributed by atoms with E-state index in [0.29, 0.717) is 0 Å². The van der Waals surface area contributed by atoms with Gasteiger partial charge in [0.1, 0.15) is 5.69 Å². The van der Waals surface area contributed by atoms with Gasteiger partial charge in [0.25, 0.3) is 5.91 Å². The second-order valence-electron chi connectivity index (χ2n) is 7.84. The van der Waals surface area contributed by atoms with Crippen LogP contribution in [-0.4, -0.2) is 40.5 Å². The highest BCUT2D eigenvalue weighted by molar-refractivity contribution is 9.10. The van der Waals surface area contributed by atoms with Gasteiger partial charge in [-0.1, -0.05) is 43.9 Å². The standard InChI is InChI=1S/C21H28BrN3O/c1-24-18-11-7-6-10-17(18)19(22)20(24)21(26)23-15-12-13-25(14-15)16-8-4-2-3-5-9-16/h6-7,10-11,15-16H,2-5,8-9,12-14H2,1H3,(H,23,26). The molecule has 0 bridgehead atoms. The zero-order chi connectivity index (χ0) is 18.1. The summed E-state index contributed by atoms with van der Waals surface area (Å²) in [6, 6.07) is 9.12. The van der Waals surface area contributed by atoms with Crippen molar-refractivity contribution in [2.24, 2.45) is 7.05 Å². The lowest BCUT2D eigenvalue weighted by atomic mass is 10.1. The summed E-state index contributed by atoms with van der Waals surface area (Å²) in [5, 5.41) is 4.38. The van der Waals surface area contributed by atoms with Crippen molar-refractivity contribution in [3.05, 3.63) is 34.4 Å². The maximum Gasteiger partial charge on any atom is 0.269 e. The summed E-state index contributed by atoms with van der Waals surface area (Å²) < 4.78 is 2.89. The Hall–Kier alpha value is -1.33. The van der Waals surface area contributed by atoms with E-state index in [4.69, 9.17) is 0 Å². The topological polar surface area (TPSA) is 37.3 Å². The van der Waals surface area contributed by atoms with Gasteiger partial charge in [-0.25, -0.2) is 0 Å². The summed E-state index contributed by atoms with van der Waals surface area (Å²) in [6.07, 6.45) is 9.22. The van der Waals surface area contributed by atoms with E-state index in [9.17, 15) is 4.79 Å². The van der Waals surface area contributed by atoms with Crippen LogP contribution >= 0.6 is 15.9 Å². The molecule has 0 spiro atoms. The van der Waals surface area contributed by atoms with Crippen LogP contribution in [0.25, 0.3) is 10.9 Å². The van der Waals surface area contributed by atoms with Gasteiger partial charge in [0.2, 0.25) is 0 Å². The molecule has 26 heavy (non-hydrogen) atoms. The molecule has 1 saturated carbocycles. The lowest BCUT2D eigenvalue weighted by Crippen LogP contribution is -2.40. The largest absolute Gasteiger partial charge is 0.347 e. The molecule has 2 fully saturated rings. The molecule has 1 aromatic carbocycles. The Balaban J connectivity index is 1.44. The Morgan fingerprint density at radius 3 is 2.58 bits per heavy atom. The van der Waals surface area contributed by atoms with E-state index in [0.717, 1.165) is 46.6 Å². The molecule has 1 aliphatic carbocycles. The lowest BCUT2D eigenvalue weighted by molar-refractivity contribution is 0.0927. The van der Waals surface area contributed by atoms with Crippen LogP contribution in [0.4, 0.5) is 0 Å². The molecule has 1 amide bonds. The molecule has 140 valence electrons. The number of nitrogens with one attached hydrogen (secondary N) is 1. The molecule has 1 atom stereocenters. The van der Waals surface area contributed by atoms with E-state index in [-0.39, 0.29) is 11.9 Å². The van der Waals surface area contributed by atoms with Crippen molar-refractivity contribution >= 4 is 32.7 Å². The number of likely N-dealkylation sites (tertiary alicyclic amines) is 1. The van der Waals surface area contributed by atoms with E-state index in [1.54, 1.807) is 0 Å². The maximum atomic E-state index is 13.0. The fourth-order valence-electron chi connectivity index (χ4n) is 4.71. The molecule has 4 nitrogen and oxygen atoms in total. The third-order valence-electron chi connectivity index (χ3n) is 6.16. The van der Waals surface area contributed by atoms with Gasteiger partial charge in [0.05, 0.1) is 4.47 Å². The summed E-state index contributed by atoms with van der Waals surface area (Å²) in [6.45, 7) is 2.11. The number of hydrogen-bond acceptors (Lipinski definition) is 2. The maximum absolute atomic E-state index is 13.0. The predicted octanol–water partition coefficient (Wildman–Crippen LogP) is 4.47. The smallest absolute Gasteiger partial charge is 0.269 e. The third kappa shape index (κ3) is 3.44. The number of fused-ring (bicyclic) bond motifs is 1. The number of amides is 1. The van der Waals surface area contributed by atoms with E-state index in [1.807, 2.05) is 23.7 Å². The van der Waals surface area contributed by atoms with Gasteiger partial charge in [-0.05, 0) is 41.3 Å². The SMILES string of the molecule is Cn1c(C(=O)NC2CCN(C3CCCCCC3)C2)c(Br)c2ccccc21. The number of carbonyl (C=O) groups excluding carboxylic acids is 1. The highest BCUT2D eigenvalue weighted by atomic mass is 79.9. The number of halogens is 1. The van der Waals surface area contributed by atoms with Crippen molar-refractivity contribution in [1.82, 2.24) is 14.8 Å². The molecule has 1 N–H and O–H groups in total. The summed E-state index contributed by atoms with van der Waals surface area (Å²) in [5.74, 6) is 0.0308. The van der Waals surface area contributed by atoms with Gasteiger partial charge >= 0.3 is 0 Å². The molecule has 2 aliphatic rings. The first-order chi connectivity index (χ1) is 12.6. The molecule has 0 radical (unpaired) electrons. The first-order valence-electron chi connectivity index (χ1n) is 9.93. The Morgan fingerprint density at radius 1 is 1.12 bits per heavy atom. The summed E-state index contributed by atoms with van der Waals surface area (Å²) in [4.78, 5) is 15.6. The Labute approximate surface area is 164 Å². The highest BCUT2D eigenvalue weighted by Gasteiger charge is 2.30. The number of aryl methyl sites for hydroxylation is 1. The minimum absolute atomic E-state index is 0.0308. The molecule has 1 aliphatic heterocycles. The predicted molar refractivity (Wildman–Crippen MR) is 110 cm³/mol. The molecule has 1 saturated heterocycles. The van der Waals surface area contributed by atoms with Crippen molar-refractivity contribution in [3.8, 4) is 0 Å². The number of carbonyl (C=O) groups is 1. The summed E-state index contributed by atoms with van der Waals surface area (Å²) >= 11 is 3.64. The van der Waals surface area contributed by atoms with Crippen LogP contribution in [0.5, 0.6) is 0 Å². The van der Waals surface area contributed by atoms with E-state index < -0.39 is 0 Å². The second-order valence-corrected chi connectivity index (χ2v) is 8.63. The molecule has 5 heteroatoms. The van der Waals surface area contributed by atoms with Gasteiger partial charge in [-0.15, -0.1) is 0 Å². The van der Waals surface area contributed by atoms with E-state index in [2.05, 4.69) is 38.3 Å². The third-order valence-corrected chi connectivity index (χ3v) is 6.96. The minimum atomic E-state index is 0.0308. The number of rotatable bonds is 3. The van der Waals surface area contributed by atoms with Crippen molar-refractivity contribution in [1.29, 1.82) is 0 Å². The number of benzene rings is 1. The molecular formula is C21H28BrN3O. The van der Waals surface area contributed by atoms with Crippen LogP contribution in [0.15, 0.2) is 28.7 Å². The van der Waals surface area contributed by atoms with Crippen LogP contribution in [0, 0.1) is 0 Å². The van der Waals surface area contributed by atoms with Gasteiger partial charge in [-0.3, -0.25) is 9.69 Å². The van der Waals surface area contributed by atoms with Crippen LogP contribution in [0.1, 0.15) is 55.4 Å². The number of hydrogen-bond donors (Lipinski definition) is 1. The molecule has 1 unspecified atom stereocenters. The first-order valence-corrected chi connectivity index (χ1v) is 10.7. The van der Waals surface area contributed by atoms with Gasteiger partial charge in [-0.2, -0.15) is 0 Å². The molecular weight excluding hydrogens is 390 g/mol. The summed E-state index contributed by atoms with van der Waals surface area (Å²) in [5.41, 5.74) is 1.80. The Kier molecular flexibility index (Phi) is 5.37. The van der Waals surface area contributed by atoms with E-state index >= 15 is 0 Å². The van der Waals surface area contributed by atoms with E-state index in [1.165, 1.54) is 38.5 Å². The zero-order valence-corrected chi connectivity index (χ0v) is 17.1. The highest BCUT2D eigenvalue weighted by Crippen LogP contribution is 2.30. The second kappa shape index (κ2) is 7.73. The van der Waals surface area contributed by atoms with Crippen molar-refractivity contribution in [2.75, 3.05) is 13.1 Å². The molecule has 2 heterocycles. The number of aromatic nitrogens is 1. The van der Waals surface area contributed by atoms with Crippen molar-refractivity contribution in [3.63, 3.8) is 0 Å². The van der Waals surface area contributed by atoms with Gasteiger partial charge in [0, 0.05) is 43.1 Å². The summed E-state index contributed by atoms with van der Waals surface area (Å²) in [7, 11) is 1.97. The average Bonchev–Trinajstić information content (AvgIpc) is 3.07. The fourth-order valence-corrected chi connectivity index (χ4v) is 5.49.